The number of thioether (sulfide) groups is 1. The van der Waals surface area contributed by atoms with Gasteiger partial charge in [0.25, 0.3) is 0 Å². The minimum Gasteiger partial charge on any atom is -0.493 e. The van der Waals surface area contributed by atoms with E-state index < -0.39 is 0 Å². The minimum atomic E-state index is 0.748. The summed E-state index contributed by atoms with van der Waals surface area (Å²) in [5.41, 5.74) is 1.19. The first-order chi connectivity index (χ1) is 9.81. The van der Waals surface area contributed by atoms with Crippen LogP contribution in [0.5, 0.6) is 11.5 Å². The van der Waals surface area contributed by atoms with Crippen LogP contribution in [0.4, 0.5) is 0 Å². The number of rotatable bonds is 11. The molecule has 0 atom stereocenters. The van der Waals surface area contributed by atoms with E-state index in [-0.39, 0.29) is 0 Å². The van der Waals surface area contributed by atoms with Crippen LogP contribution >= 0.6 is 11.8 Å². The maximum Gasteiger partial charge on any atom is 0.127 e. The predicted octanol–water partition coefficient (Wildman–Crippen LogP) is 3.72. The van der Waals surface area contributed by atoms with Crippen molar-refractivity contribution in [2.45, 2.75) is 33.2 Å². The van der Waals surface area contributed by atoms with Crippen LogP contribution in [0.1, 0.15) is 32.3 Å². The van der Waals surface area contributed by atoms with Crippen molar-refractivity contribution in [2.75, 3.05) is 31.8 Å². The molecule has 3 nitrogen and oxygen atoms in total. The average molecular weight is 297 g/mol. The molecule has 0 spiro atoms. The highest BCUT2D eigenvalue weighted by atomic mass is 32.2. The summed E-state index contributed by atoms with van der Waals surface area (Å²) in [5.74, 6) is 2.97. The molecule has 4 heteroatoms. The van der Waals surface area contributed by atoms with E-state index in [1.807, 2.05) is 23.9 Å². The van der Waals surface area contributed by atoms with Gasteiger partial charge in [-0.3, -0.25) is 0 Å². The van der Waals surface area contributed by atoms with Crippen molar-refractivity contribution in [3.63, 3.8) is 0 Å². The van der Waals surface area contributed by atoms with E-state index in [0.29, 0.717) is 0 Å². The Morgan fingerprint density at radius 2 is 2.00 bits per heavy atom. The Bertz CT molecular complexity index is 371. The van der Waals surface area contributed by atoms with Gasteiger partial charge in [0.15, 0.2) is 0 Å². The second kappa shape index (κ2) is 10.9. The highest BCUT2D eigenvalue weighted by Crippen LogP contribution is 2.25. The molecule has 1 N–H and O–H groups in total. The van der Waals surface area contributed by atoms with Crippen molar-refractivity contribution in [3.8, 4) is 11.5 Å². The largest absolute Gasteiger partial charge is 0.493 e. The normalized spacial score (nSPS) is 10.6. The summed E-state index contributed by atoms with van der Waals surface area (Å²) < 4.78 is 11.6. The fourth-order valence-electron chi connectivity index (χ4n) is 1.77. The molecule has 20 heavy (non-hydrogen) atoms. The van der Waals surface area contributed by atoms with Crippen LogP contribution in [0, 0.1) is 0 Å². The van der Waals surface area contributed by atoms with E-state index in [2.05, 4.69) is 31.5 Å². The molecule has 114 valence electrons. The van der Waals surface area contributed by atoms with Crippen molar-refractivity contribution in [1.82, 2.24) is 5.32 Å². The Labute approximate surface area is 127 Å². The molecule has 0 amide bonds. The van der Waals surface area contributed by atoms with Crippen LogP contribution in [-0.2, 0) is 6.54 Å². The summed E-state index contributed by atoms with van der Waals surface area (Å²) in [5, 5.41) is 3.34. The van der Waals surface area contributed by atoms with Crippen molar-refractivity contribution in [2.24, 2.45) is 0 Å². The molecule has 1 aromatic carbocycles. The zero-order valence-corrected chi connectivity index (χ0v) is 13.7. The summed E-state index contributed by atoms with van der Waals surface area (Å²) in [7, 11) is 0. The number of ether oxygens (including phenoxy) is 2. The smallest absolute Gasteiger partial charge is 0.127 e. The number of hydrogen-bond donors (Lipinski definition) is 1. The van der Waals surface area contributed by atoms with E-state index in [4.69, 9.17) is 9.47 Å². The molecule has 0 bridgehead atoms. The predicted molar refractivity (Wildman–Crippen MR) is 88.1 cm³/mol. The van der Waals surface area contributed by atoms with Crippen LogP contribution < -0.4 is 14.8 Å². The SMILES string of the molecule is CCCOc1ccc(CNCC)c(OCCCSC)c1. The Balaban J connectivity index is 2.66. The summed E-state index contributed by atoms with van der Waals surface area (Å²) in [4.78, 5) is 0. The molecule has 0 fully saturated rings. The van der Waals surface area contributed by atoms with Gasteiger partial charge in [0.2, 0.25) is 0 Å². The third-order valence-electron chi connectivity index (χ3n) is 2.83. The monoisotopic (exact) mass is 297 g/mol. The van der Waals surface area contributed by atoms with Gasteiger partial charge in [-0.25, -0.2) is 0 Å². The van der Waals surface area contributed by atoms with Gasteiger partial charge in [-0.05, 0) is 37.5 Å². The number of nitrogens with one attached hydrogen (secondary N) is 1. The first kappa shape index (κ1) is 17.2. The zero-order chi connectivity index (χ0) is 14.6. The van der Waals surface area contributed by atoms with Crippen LogP contribution in [0.2, 0.25) is 0 Å². The summed E-state index contributed by atoms with van der Waals surface area (Å²) >= 11 is 1.85. The Hall–Kier alpha value is -0.870. The molecular formula is C16H27NO2S. The van der Waals surface area contributed by atoms with Crippen molar-refractivity contribution in [3.05, 3.63) is 23.8 Å². The lowest BCUT2D eigenvalue weighted by atomic mass is 10.2. The first-order valence-corrected chi connectivity index (χ1v) is 8.79. The molecule has 1 aromatic rings. The number of hydrogen-bond acceptors (Lipinski definition) is 4. The standard InChI is InChI=1S/C16H27NO2S/c1-4-9-18-15-8-7-14(13-17-5-2)16(12-15)19-10-6-11-20-3/h7-8,12,17H,4-6,9-11,13H2,1-3H3. The molecule has 0 heterocycles. The van der Waals surface area contributed by atoms with Gasteiger partial charge in [0.05, 0.1) is 13.2 Å². The second-order valence-corrected chi connectivity index (χ2v) is 5.58. The molecule has 0 radical (unpaired) electrons. The van der Waals surface area contributed by atoms with Gasteiger partial charge in [-0.1, -0.05) is 19.9 Å². The quantitative estimate of drug-likeness (QED) is 0.631. The van der Waals surface area contributed by atoms with Gasteiger partial charge in [0.1, 0.15) is 11.5 Å². The fourth-order valence-corrected chi connectivity index (χ4v) is 2.18. The molecule has 0 aliphatic rings. The Kier molecular flexibility index (Phi) is 9.33. The van der Waals surface area contributed by atoms with Gasteiger partial charge in [-0.15, -0.1) is 0 Å². The highest BCUT2D eigenvalue weighted by molar-refractivity contribution is 7.98. The first-order valence-electron chi connectivity index (χ1n) is 7.40. The molecule has 0 aromatic heterocycles. The van der Waals surface area contributed by atoms with Crippen LogP contribution in [0.3, 0.4) is 0 Å². The zero-order valence-electron chi connectivity index (χ0n) is 12.9. The summed E-state index contributed by atoms with van der Waals surface area (Å²) in [6.45, 7) is 7.52. The third-order valence-corrected chi connectivity index (χ3v) is 3.52. The molecule has 0 saturated carbocycles. The molecular weight excluding hydrogens is 270 g/mol. The lowest BCUT2D eigenvalue weighted by Crippen LogP contribution is -2.13. The van der Waals surface area contributed by atoms with E-state index >= 15 is 0 Å². The average Bonchev–Trinajstić information content (AvgIpc) is 2.48. The summed E-state index contributed by atoms with van der Waals surface area (Å²) in [6, 6.07) is 6.13. The van der Waals surface area contributed by atoms with Gasteiger partial charge >= 0.3 is 0 Å². The molecule has 0 aliphatic carbocycles. The lowest BCUT2D eigenvalue weighted by Gasteiger charge is -2.14. The Morgan fingerprint density at radius 1 is 1.15 bits per heavy atom. The van der Waals surface area contributed by atoms with Crippen LogP contribution in [0.15, 0.2) is 18.2 Å². The van der Waals surface area contributed by atoms with Crippen molar-refractivity contribution in [1.29, 1.82) is 0 Å². The lowest BCUT2D eigenvalue weighted by molar-refractivity contribution is 0.299. The maximum atomic E-state index is 5.92. The van der Waals surface area contributed by atoms with Gasteiger partial charge < -0.3 is 14.8 Å². The highest BCUT2D eigenvalue weighted by Gasteiger charge is 2.06. The topological polar surface area (TPSA) is 30.5 Å². The number of benzene rings is 1. The summed E-state index contributed by atoms with van der Waals surface area (Å²) in [6.07, 6.45) is 4.21. The van der Waals surface area contributed by atoms with E-state index in [0.717, 1.165) is 56.4 Å². The van der Waals surface area contributed by atoms with Crippen molar-refractivity contribution >= 4 is 11.8 Å². The molecule has 0 saturated heterocycles. The fraction of sp³-hybridized carbons (Fsp3) is 0.625. The van der Waals surface area contributed by atoms with E-state index in [9.17, 15) is 0 Å². The molecule has 0 unspecified atom stereocenters. The van der Waals surface area contributed by atoms with Crippen molar-refractivity contribution < 1.29 is 9.47 Å². The van der Waals surface area contributed by atoms with Gasteiger partial charge in [-0.2, -0.15) is 11.8 Å². The maximum absolute atomic E-state index is 5.92. The Morgan fingerprint density at radius 3 is 2.70 bits per heavy atom. The third kappa shape index (κ3) is 6.53. The molecule has 0 aliphatic heterocycles. The van der Waals surface area contributed by atoms with E-state index in [1.54, 1.807) is 0 Å². The minimum absolute atomic E-state index is 0.748. The van der Waals surface area contributed by atoms with Crippen LogP contribution in [-0.4, -0.2) is 31.8 Å². The second-order valence-electron chi connectivity index (χ2n) is 4.59. The van der Waals surface area contributed by atoms with E-state index in [1.165, 1.54) is 5.56 Å². The van der Waals surface area contributed by atoms with Crippen LogP contribution in [0.25, 0.3) is 0 Å². The van der Waals surface area contributed by atoms with Gasteiger partial charge in [0, 0.05) is 18.2 Å². The molecule has 1 rings (SSSR count).